The highest BCUT2D eigenvalue weighted by Crippen LogP contribution is 2.22. The summed E-state index contributed by atoms with van der Waals surface area (Å²) in [7, 11) is 0. The predicted octanol–water partition coefficient (Wildman–Crippen LogP) is 5.43. The minimum absolute atomic E-state index is 0.254. The zero-order valence-corrected chi connectivity index (χ0v) is 14.0. The minimum atomic E-state index is 0.254. The lowest BCUT2D eigenvalue weighted by molar-refractivity contribution is 0.571. The highest BCUT2D eigenvalue weighted by Gasteiger charge is 2.12. The van der Waals surface area contributed by atoms with Gasteiger partial charge < -0.3 is 5.32 Å². The SMILES string of the molecule is CCCCCCCCNCc1ccc(C(C)(C)C)cc1. The molecule has 0 saturated heterocycles. The second kappa shape index (κ2) is 9.18. The van der Waals surface area contributed by atoms with Gasteiger partial charge in [0.05, 0.1) is 0 Å². The van der Waals surface area contributed by atoms with Crippen molar-refractivity contribution < 1.29 is 0 Å². The number of hydrogen-bond acceptors (Lipinski definition) is 1. The monoisotopic (exact) mass is 275 g/mol. The second-order valence-electron chi connectivity index (χ2n) is 6.89. The van der Waals surface area contributed by atoms with E-state index in [-0.39, 0.29) is 5.41 Å². The average molecular weight is 275 g/mol. The Bertz CT molecular complexity index is 345. The third kappa shape index (κ3) is 7.09. The van der Waals surface area contributed by atoms with Gasteiger partial charge in [-0.05, 0) is 29.5 Å². The fourth-order valence-electron chi connectivity index (χ4n) is 2.39. The molecule has 0 aromatic heterocycles. The number of unbranched alkanes of at least 4 members (excludes halogenated alkanes) is 5. The number of benzene rings is 1. The molecule has 0 atom stereocenters. The molecule has 0 bridgehead atoms. The molecule has 0 heterocycles. The molecule has 1 aromatic rings. The van der Waals surface area contributed by atoms with Gasteiger partial charge in [0.25, 0.3) is 0 Å². The van der Waals surface area contributed by atoms with E-state index < -0.39 is 0 Å². The van der Waals surface area contributed by atoms with Crippen LogP contribution in [-0.4, -0.2) is 6.54 Å². The van der Waals surface area contributed by atoms with Crippen molar-refractivity contribution in [2.45, 2.75) is 78.2 Å². The summed E-state index contributed by atoms with van der Waals surface area (Å²) >= 11 is 0. The van der Waals surface area contributed by atoms with Gasteiger partial charge >= 0.3 is 0 Å². The zero-order valence-electron chi connectivity index (χ0n) is 14.0. The molecule has 114 valence electrons. The Hall–Kier alpha value is -0.820. The summed E-state index contributed by atoms with van der Waals surface area (Å²) in [5.74, 6) is 0. The van der Waals surface area contributed by atoms with Crippen molar-refractivity contribution in [3.63, 3.8) is 0 Å². The molecule has 1 aromatic carbocycles. The summed E-state index contributed by atoms with van der Waals surface area (Å²) in [6.45, 7) is 11.2. The molecule has 0 aliphatic heterocycles. The summed E-state index contributed by atoms with van der Waals surface area (Å²) in [4.78, 5) is 0. The van der Waals surface area contributed by atoms with Gasteiger partial charge in [0.1, 0.15) is 0 Å². The van der Waals surface area contributed by atoms with Crippen LogP contribution in [0.25, 0.3) is 0 Å². The molecule has 1 rings (SSSR count). The maximum Gasteiger partial charge on any atom is 0.0205 e. The quantitative estimate of drug-likeness (QED) is 0.592. The van der Waals surface area contributed by atoms with Gasteiger partial charge in [-0.3, -0.25) is 0 Å². The fraction of sp³-hybridized carbons (Fsp3) is 0.684. The molecule has 1 N–H and O–H groups in total. The van der Waals surface area contributed by atoms with E-state index in [4.69, 9.17) is 0 Å². The van der Waals surface area contributed by atoms with E-state index in [1.54, 1.807) is 0 Å². The van der Waals surface area contributed by atoms with Crippen LogP contribution in [0, 0.1) is 0 Å². The Balaban J connectivity index is 2.13. The van der Waals surface area contributed by atoms with Crippen molar-refractivity contribution in [1.82, 2.24) is 5.32 Å². The molecule has 1 nitrogen and oxygen atoms in total. The third-order valence-electron chi connectivity index (χ3n) is 3.86. The van der Waals surface area contributed by atoms with Crippen molar-refractivity contribution in [1.29, 1.82) is 0 Å². The first-order valence-corrected chi connectivity index (χ1v) is 8.34. The van der Waals surface area contributed by atoms with Crippen molar-refractivity contribution in [3.8, 4) is 0 Å². The Labute approximate surface area is 126 Å². The highest BCUT2D eigenvalue weighted by atomic mass is 14.8. The average Bonchev–Trinajstić information content (AvgIpc) is 2.41. The first kappa shape index (κ1) is 17.2. The molecule has 0 amide bonds. The van der Waals surface area contributed by atoms with E-state index in [1.807, 2.05) is 0 Å². The van der Waals surface area contributed by atoms with Crippen LogP contribution in [0.5, 0.6) is 0 Å². The molecule has 0 radical (unpaired) electrons. The molecule has 0 fully saturated rings. The van der Waals surface area contributed by atoms with Gasteiger partial charge in [-0.1, -0.05) is 84.1 Å². The predicted molar refractivity (Wildman–Crippen MR) is 90.2 cm³/mol. The summed E-state index contributed by atoms with van der Waals surface area (Å²) in [5, 5.41) is 3.55. The lowest BCUT2D eigenvalue weighted by Crippen LogP contribution is -2.15. The Morgan fingerprint density at radius 3 is 2.05 bits per heavy atom. The van der Waals surface area contributed by atoms with E-state index in [2.05, 4.69) is 57.3 Å². The van der Waals surface area contributed by atoms with Gasteiger partial charge in [0, 0.05) is 6.54 Å². The van der Waals surface area contributed by atoms with E-state index in [1.165, 1.54) is 49.7 Å². The van der Waals surface area contributed by atoms with Crippen molar-refractivity contribution in [2.75, 3.05) is 6.54 Å². The first-order valence-electron chi connectivity index (χ1n) is 8.34. The van der Waals surface area contributed by atoms with Gasteiger partial charge in [0.15, 0.2) is 0 Å². The van der Waals surface area contributed by atoms with E-state index in [0.717, 1.165) is 13.1 Å². The van der Waals surface area contributed by atoms with Gasteiger partial charge in [0.2, 0.25) is 0 Å². The van der Waals surface area contributed by atoms with Crippen LogP contribution in [-0.2, 0) is 12.0 Å². The zero-order chi connectivity index (χ0) is 14.8. The van der Waals surface area contributed by atoms with Crippen LogP contribution in [0.3, 0.4) is 0 Å². The molecule has 1 heteroatoms. The summed E-state index contributed by atoms with van der Waals surface area (Å²) in [5.41, 5.74) is 3.06. The summed E-state index contributed by atoms with van der Waals surface area (Å²) in [6, 6.07) is 9.05. The summed E-state index contributed by atoms with van der Waals surface area (Å²) < 4.78 is 0. The standard InChI is InChI=1S/C19H33N/c1-5-6-7-8-9-10-15-20-16-17-11-13-18(14-12-17)19(2,3)4/h11-14,20H,5-10,15-16H2,1-4H3. The Kier molecular flexibility index (Phi) is 7.91. The second-order valence-corrected chi connectivity index (χ2v) is 6.89. The largest absolute Gasteiger partial charge is 0.313 e. The fourth-order valence-corrected chi connectivity index (χ4v) is 2.39. The Morgan fingerprint density at radius 2 is 1.45 bits per heavy atom. The minimum Gasteiger partial charge on any atom is -0.313 e. The number of rotatable bonds is 9. The van der Waals surface area contributed by atoms with Crippen LogP contribution < -0.4 is 5.32 Å². The van der Waals surface area contributed by atoms with E-state index >= 15 is 0 Å². The number of hydrogen-bond donors (Lipinski definition) is 1. The van der Waals surface area contributed by atoms with Crippen molar-refractivity contribution in [3.05, 3.63) is 35.4 Å². The summed E-state index contributed by atoms with van der Waals surface area (Å²) in [6.07, 6.45) is 8.22. The Morgan fingerprint density at radius 1 is 0.850 bits per heavy atom. The molecular weight excluding hydrogens is 242 g/mol. The van der Waals surface area contributed by atoms with Gasteiger partial charge in [-0.2, -0.15) is 0 Å². The van der Waals surface area contributed by atoms with Gasteiger partial charge in [-0.25, -0.2) is 0 Å². The molecule has 0 spiro atoms. The lowest BCUT2D eigenvalue weighted by atomic mass is 9.87. The maximum absolute atomic E-state index is 3.55. The van der Waals surface area contributed by atoms with Crippen molar-refractivity contribution in [2.24, 2.45) is 0 Å². The van der Waals surface area contributed by atoms with E-state index in [0.29, 0.717) is 0 Å². The molecule has 20 heavy (non-hydrogen) atoms. The van der Waals surface area contributed by atoms with E-state index in [9.17, 15) is 0 Å². The highest BCUT2D eigenvalue weighted by molar-refractivity contribution is 5.27. The van der Waals surface area contributed by atoms with Gasteiger partial charge in [-0.15, -0.1) is 0 Å². The maximum atomic E-state index is 3.55. The first-order chi connectivity index (χ1) is 9.54. The van der Waals surface area contributed by atoms with Crippen LogP contribution in [0.15, 0.2) is 24.3 Å². The molecule has 0 saturated carbocycles. The number of nitrogens with one attached hydrogen (secondary N) is 1. The molecule has 0 unspecified atom stereocenters. The topological polar surface area (TPSA) is 12.0 Å². The third-order valence-corrected chi connectivity index (χ3v) is 3.86. The van der Waals surface area contributed by atoms with Crippen LogP contribution in [0.4, 0.5) is 0 Å². The smallest absolute Gasteiger partial charge is 0.0205 e. The van der Waals surface area contributed by atoms with Crippen LogP contribution >= 0.6 is 0 Å². The normalized spacial score (nSPS) is 11.8. The van der Waals surface area contributed by atoms with Crippen LogP contribution in [0.1, 0.15) is 77.3 Å². The van der Waals surface area contributed by atoms with Crippen LogP contribution in [0.2, 0.25) is 0 Å². The lowest BCUT2D eigenvalue weighted by Gasteiger charge is -2.19. The molecule has 0 aliphatic rings. The molecule has 0 aliphatic carbocycles. The van der Waals surface area contributed by atoms with Crippen molar-refractivity contribution >= 4 is 0 Å². The molecular formula is C19H33N.